The van der Waals surface area contributed by atoms with Crippen LogP contribution < -0.4 is 9.47 Å². The van der Waals surface area contributed by atoms with Crippen molar-refractivity contribution in [1.82, 2.24) is 4.98 Å². The Morgan fingerprint density at radius 1 is 1.15 bits per heavy atom. The molecule has 0 radical (unpaired) electrons. The van der Waals surface area contributed by atoms with Crippen molar-refractivity contribution in [3.8, 4) is 17.6 Å². The van der Waals surface area contributed by atoms with E-state index >= 15 is 0 Å². The fraction of sp³-hybridized carbons (Fsp3) is 0.304. The number of halogens is 2. The van der Waals surface area contributed by atoms with Gasteiger partial charge in [0.1, 0.15) is 25.0 Å². The van der Waals surface area contributed by atoms with Crippen LogP contribution in [-0.2, 0) is 21.9 Å². The van der Waals surface area contributed by atoms with Gasteiger partial charge in [0.05, 0.1) is 21.3 Å². The van der Waals surface area contributed by atoms with E-state index in [2.05, 4.69) is 11.1 Å². The monoisotopic (exact) mass is 524 g/mol. The van der Waals surface area contributed by atoms with Gasteiger partial charge >= 0.3 is 0 Å². The molecule has 0 aliphatic heterocycles. The standard InChI is InChI=1S/C23H22Cl2N2O4S2/c1-23(2,17-10-15(12-26)21(20(25)11-17)30-9-8-24)16-4-6-18(7-5-16)31-14-19-13-27-22(32-19)33(3,28)29/h4-7,10-11,13H,8-9,14H2,1-3H3. The minimum Gasteiger partial charge on any atom is -0.489 e. The van der Waals surface area contributed by atoms with Gasteiger partial charge in [0.25, 0.3) is 0 Å². The number of ether oxygens (including phenoxy) is 2. The van der Waals surface area contributed by atoms with E-state index in [4.69, 9.17) is 32.7 Å². The number of aromatic nitrogens is 1. The number of alkyl halides is 1. The van der Waals surface area contributed by atoms with Crippen LogP contribution in [0.15, 0.2) is 46.9 Å². The van der Waals surface area contributed by atoms with E-state index in [0.717, 1.165) is 33.6 Å². The summed E-state index contributed by atoms with van der Waals surface area (Å²) in [4.78, 5) is 4.64. The Hall–Kier alpha value is -2.31. The normalized spacial score (nSPS) is 11.8. The number of sulfone groups is 1. The first kappa shape index (κ1) is 25.3. The molecule has 3 rings (SSSR count). The molecule has 0 spiro atoms. The molecule has 3 aromatic rings. The van der Waals surface area contributed by atoms with Crippen molar-refractivity contribution in [3.63, 3.8) is 0 Å². The fourth-order valence-corrected chi connectivity index (χ4v) is 5.22. The molecule has 10 heteroatoms. The molecule has 0 aliphatic carbocycles. The third-order valence-electron chi connectivity index (χ3n) is 5.02. The summed E-state index contributed by atoms with van der Waals surface area (Å²) >= 11 is 13.2. The van der Waals surface area contributed by atoms with Crippen molar-refractivity contribution >= 4 is 44.4 Å². The van der Waals surface area contributed by atoms with Crippen LogP contribution in [0.25, 0.3) is 0 Å². The largest absolute Gasteiger partial charge is 0.489 e. The van der Waals surface area contributed by atoms with Gasteiger partial charge in [-0.2, -0.15) is 5.26 Å². The number of nitrogens with zero attached hydrogens (tertiary/aromatic N) is 2. The first-order valence-corrected chi connectivity index (χ1v) is 13.5. The molecule has 0 N–H and O–H groups in total. The number of hydrogen-bond donors (Lipinski definition) is 0. The van der Waals surface area contributed by atoms with Gasteiger partial charge in [-0.25, -0.2) is 13.4 Å². The predicted octanol–water partition coefficient (Wildman–Crippen LogP) is 5.59. The molecule has 0 saturated carbocycles. The molecule has 174 valence electrons. The molecule has 6 nitrogen and oxygen atoms in total. The van der Waals surface area contributed by atoms with E-state index in [1.54, 1.807) is 12.1 Å². The summed E-state index contributed by atoms with van der Waals surface area (Å²) in [6, 6.07) is 13.3. The van der Waals surface area contributed by atoms with Gasteiger partial charge in [0.15, 0.2) is 5.75 Å². The second kappa shape index (κ2) is 10.3. The second-order valence-corrected chi connectivity index (χ2v) is 11.9. The lowest BCUT2D eigenvalue weighted by molar-refractivity contribution is 0.309. The lowest BCUT2D eigenvalue weighted by atomic mass is 9.77. The van der Waals surface area contributed by atoms with Crippen LogP contribution in [-0.4, -0.2) is 32.1 Å². The quantitative estimate of drug-likeness (QED) is 0.338. The number of thiazole rings is 1. The minimum atomic E-state index is -3.32. The van der Waals surface area contributed by atoms with Crippen LogP contribution in [0.4, 0.5) is 0 Å². The molecule has 0 atom stereocenters. The van der Waals surface area contributed by atoms with Crippen molar-refractivity contribution in [2.75, 3.05) is 18.7 Å². The van der Waals surface area contributed by atoms with Gasteiger partial charge in [-0.3, -0.25) is 0 Å². The van der Waals surface area contributed by atoms with Crippen LogP contribution in [0.1, 0.15) is 35.4 Å². The molecular formula is C23H22Cl2N2O4S2. The summed E-state index contributed by atoms with van der Waals surface area (Å²) in [5.74, 6) is 1.28. The number of benzene rings is 2. The Morgan fingerprint density at radius 2 is 1.85 bits per heavy atom. The molecule has 0 amide bonds. The molecule has 2 aromatic carbocycles. The summed E-state index contributed by atoms with van der Waals surface area (Å²) in [6.45, 7) is 4.57. The van der Waals surface area contributed by atoms with Crippen molar-refractivity contribution in [2.45, 2.75) is 30.2 Å². The highest BCUT2D eigenvalue weighted by Gasteiger charge is 2.26. The summed E-state index contributed by atoms with van der Waals surface area (Å²) in [5.41, 5.74) is 1.78. The number of hydrogen-bond acceptors (Lipinski definition) is 7. The van der Waals surface area contributed by atoms with Crippen molar-refractivity contribution in [2.24, 2.45) is 0 Å². The molecule has 0 bridgehead atoms. The van der Waals surface area contributed by atoms with Crippen LogP contribution in [0.5, 0.6) is 11.5 Å². The van der Waals surface area contributed by atoms with Crippen LogP contribution in [0, 0.1) is 11.3 Å². The smallest absolute Gasteiger partial charge is 0.209 e. The third kappa shape index (κ3) is 5.98. The summed E-state index contributed by atoms with van der Waals surface area (Å²) in [7, 11) is -3.32. The molecule has 1 heterocycles. The Balaban J connectivity index is 1.77. The third-order valence-corrected chi connectivity index (χ3v) is 8.11. The number of nitriles is 1. The van der Waals surface area contributed by atoms with Crippen molar-refractivity contribution in [1.29, 1.82) is 5.26 Å². The predicted molar refractivity (Wildman–Crippen MR) is 131 cm³/mol. The maximum atomic E-state index is 11.6. The van der Waals surface area contributed by atoms with E-state index < -0.39 is 15.3 Å². The molecule has 0 fully saturated rings. The molecule has 0 aliphatic rings. The molecule has 33 heavy (non-hydrogen) atoms. The molecule has 0 saturated heterocycles. The van der Waals surface area contributed by atoms with E-state index in [1.807, 2.05) is 38.1 Å². The second-order valence-electron chi connectivity index (χ2n) is 7.79. The summed E-state index contributed by atoms with van der Waals surface area (Å²) < 4.78 is 34.5. The Labute approximate surface area is 207 Å². The van der Waals surface area contributed by atoms with Crippen LogP contribution in [0.2, 0.25) is 5.02 Å². The molecular weight excluding hydrogens is 503 g/mol. The maximum absolute atomic E-state index is 11.6. The molecule has 1 aromatic heterocycles. The van der Waals surface area contributed by atoms with Crippen molar-refractivity contribution in [3.05, 3.63) is 69.2 Å². The highest BCUT2D eigenvalue weighted by Crippen LogP contribution is 2.38. The summed E-state index contributed by atoms with van der Waals surface area (Å²) in [5, 5.41) is 9.92. The Bertz CT molecular complexity index is 1280. The van der Waals surface area contributed by atoms with E-state index in [-0.39, 0.29) is 17.6 Å². The Morgan fingerprint density at radius 3 is 2.42 bits per heavy atom. The number of rotatable bonds is 9. The van der Waals surface area contributed by atoms with Gasteiger partial charge in [0.2, 0.25) is 14.2 Å². The van der Waals surface area contributed by atoms with Gasteiger partial charge in [0, 0.05) is 17.9 Å². The highest BCUT2D eigenvalue weighted by atomic mass is 35.5. The van der Waals surface area contributed by atoms with Gasteiger partial charge in [-0.15, -0.1) is 22.9 Å². The van der Waals surface area contributed by atoms with Gasteiger partial charge in [-0.1, -0.05) is 37.6 Å². The van der Waals surface area contributed by atoms with Crippen molar-refractivity contribution < 1.29 is 17.9 Å². The Kier molecular flexibility index (Phi) is 7.91. The zero-order valence-electron chi connectivity index (χ0n) is 18.3. The van der Waals surface area contributed by atoms with Gasteiger partial charge < -0.3 is 9.47 Å². The van der Waals surface area contributed by atoms with E-state index in [0.29, 0.717) is 28.0 Å². The average molecular weight is 525 g/mol. The van der Waals surface area contributed by atoms with E-state index in [1.165, 1.54) is 6.20 Å². The molecule has 0 unspecified atom stereocenters. The lowest BCUT2D eigenvalue weighted by Gasteiger charge is -2.27. The SMILES string of the molecule is CC(C)(c1ccc(OCc2cnc(S(C)(=O)=O)s2)cc1)c1cc(Cl)c(OCCCl)c(C#N)c1. The van der Waals surface area contributed by atoms with E-state index in [9.17, 15) is 13.7 Å². The zero-order valence-corrected chi connectivity index (χ0v) is 21.4. The fourth-order valence-electron chi connectivity index (χ4n) is 3.14. The van der Waals surface area contributed by atoms with Crippen LogP contribution in [0.3, 0.4) is 0 Å². The zero-order chi connectivity index (χ0) is 24.2. The maximum Gasteiger partial charge on any atom is 0.209 e. The average Bonchev–Trinajstić information content (AvgIpc) is 3.26. The lowest BCUT2D eigenvalue weighted by Crippen LogP contribution is -2.19. The first-order chi connectivity index (χ1) is 15.6. The first-order valence-electron chi connectivity index (χ1n) is 9.87. The van der Waals surface area contributed by atoms with Gasteiger partial charge in [-0.05, 0) is 35.4 Å². The van der Waals surface area contributed by atoms with Crippen LogP contribution >= 0.6 is 34.5 Å². The minimum absolute atomic E-state index is 0.0765. The highest BCUT2D eigenvalue weighted by molar-refractivity contribution is 7.92. The summed E-state index contributed by atoms with van der Waals surface area (Å²) in [6.07, 6.45) is 2.64. The topological polar surface area (TPSA) is 89.3 Å².